The Morgan fingerprint density at radius 1 is 1.65 bits per heavy atom. The van der Waals surface area contributed by atoms with Crippen molar-refractivity contribution >= 4 is 11.6 Å². The van der Waals surface area contributed by atoms with E-state index in [-0.39, 0.29) is 11.9 Å². The Labute approximate surface area is 101 Å². The Hall–Kier alpha value is -1.62. The molecule has 0 spiro atoms. The van der Waals surface area contributed by atoms with Gasteiger partial charge in [-0.15, -0.1) is 0 Å². The minimum Gasteiger partial charge on any atom is -0.399 e. The van der Waals surface area contributed by atoms with E-state index < -0.39 is 0 Å². The largest absolute Gasteiger partial charge is 0.399 e. The highest BCUT2D eigenvalue weighted by Gasteiger charge is 2.27. The first kappa shape index (κ1) is 11.9. The highest BCUT2D eigenvalue weighted by atomic mass is 16.2. The van der Waals surface area contributed by atoms with Gasteiger partial charge in [-0.3, -0.25) is 14.7 Å². The van der Waals surface area contributed by atoms with Crippen molar-refractivity contribution in [2.24, 2.45) is 0 Å². The smallest absolute Gasteiger partial charge is 0.237 e. The predicted molar refractivity (Wildman–Crippen MR) is 66.1 cm³/mol. The van der Waals surface area contributed by atoms with E-state index in [1.165, 1.54) is 0 Å². The number of rotatable bonds is 3. The van der Waals surface area contributed by atoms with Crippen molar-refractivity contribution in [1.82, 2.24) is 15.2 Å². The Morgan fingerprint density at radius 3 is 3.18 bits per heavy atom. The summed E-state index contributed by atoms with van der Waals surface area (Å²) in [5.41, 5.74) is 7.35. The molecule has 1 atom stereocenters. The van der Waals surface area contributed by atoms with Gasteiger partial charge in [-0.2, -0.15) is 0 Å². The zero-order valence-corrected chi connectivity index (χ0v) is 10.0. The highest BCUT2D eigenvalue weighted by molar-refractivity contribution is 5.82. The number of nitrogens with two attached hydrogens (primary N) is 1. The van der Waals surface area contributed by atoms with Crippen LogP contribution < -0.4 is 11.1 Å². The number of piperazine rings is 1. The minimum absolute atomic E-state index is 0.0491. The van der Waals surface area contributed by atoms with E-state index in [0.29, 0.717) is 18.8 Å². The number of nitrogen functional groups attached to an aromatic ring is 1. The lowest BCUT2D eigenvalue weighted by Gasteiger charge is -2.34. The highest BCUT2D eigenvalue weighted by Crippen LogP contribution is 2.13. The zero-order chi connectivity index (χ0) is 12.3. The van der Waals surface area contributed by atoms with Crippen molar-refractivity contribution in [2.75, 3.05) is 18.8 Å². The molecule has 1 aliphatic rings. The number of anilines is 1. The molecular formula is C12H18N4O. The van der Waals surface area contributed by atoms with Crippen molar-refractivity contribution in [3.05, 3.63) is 24.0 Å². The van der Waals surface area contributed by atoms with Gasteiger partial charge in [0.05, 0.1) is 11.7 Å². The third-order valence-electron chi connectivity index (χ3n) is 3.03. The van der Waals surface area contributed by atoms with Gasteiger partial charge in [0.1, 0.15) is 0 Å². The summed E-state index contributed by atoms with van der Waals surface area (Å²) in [7, 11) is 0. The van der Waals surface area contributed by atoms with E-state index in [4.69, 9.17) is 5.73 Å². The topological polar surface area (TPSA) is 71.2 Å². The van der Waals surface area contributed by atoms with Crippen LogP contribution in [-0.2, 0) is 11.3 Å². The molecule has 2 rings (SSSR count). The molecule has 17 heavy (non-hydrogen) atoms. The van der Waals surface area contributed by atoms with Gasteiger partial charge < -0.3 is 11.1 Å². The number of hydrogen-bond donors (Lipinski definition) is 2. The van der Waals surface area contributed by atoms with E-state index in [2.05, 4.69) is 15.2 Å². The molecule has 2 heterocycles. The maximum atomic E-state index is 11.7. The second-order valence-electron chi connectivity index (χ2n) is 4.27. The Morgan fingerprint density at radius 2 is 2.47 bits per heavy atom. The van der Waals surface area contributed by atoms with Gasteiger partial charge in [-0.05, 0) is 18.6 Å². The summed E-state index contributed by atoms with van der Waals surface area (Å²) in [6.45, 7) is 4.27. The maximum Gasteiger partial charge on any atom is 0.237 e. The number of carbonyl (C=O) groups is 1. The molecule has 1 fully saturated rings. The molecule has 5 nitrogen and oxygen atoms in total. The lowest BCUT2D eigenvalue weighted by Crippen LogP contribution is -2.54. The van der Waals surface area contributed by atoms with Crippen molar-refractivity contribution in [3.63, 3.8) is 0 Å². The van der Waals surface area contributed by atoms with Crippen LogP contribution in [0.25, 0.3) is 0 Å². The summed E-state index contributed by atoms with van der Waals surface area (Å²) >= 11 is 0. The van der Waals surface area contributed by atoms with Crippen LogP contribution in [0.3, 0.4) is 0 Å². The van der Waals surface area contributed by atoms with Gasteiger partial charge in [0.2, 0.25) is 5.91 Å². The average molecular weight is 234 g/mol. The zero-order valence-electron chi connectivity index (χ0n) is 10.0. The van der Waals surface area contributed by atoms with Gasteiger partial charge >= 0.3 is 0 Å². The van der Waals surface area contributed by atoms with Crippen LogP contribution in [0.4, 0.5) is 5.69 Å². The summed E-state index contributed by atoms with van der Waals surface area (Å²) < 4.78 is 0. The summed E-state index contributed by atoms with van der Waals surface area (Å²) in [5.74, 6) is 0.114. The number of aromatic nitrogens is 1. The summed E-state index contributed by atoms with van der Waals surface area (Å²) in [4.78, 5) is 18.1. The first-order valence-electron chi connectivity index (χ1n) is 5.93. The first-order chi connectivity index (χ1) is 8.20. The molecule has 1 aromatic rings. The summed E-state index contributed by atoms with van der Waals surface area (Å²) in [5, 5.41) is 2.88. The Balaban J connectivity index is 2.09. The predicted octanol–water partition coefficient (Wildman–Crippen LogP) is 0.374. The Kier molecular flexibility index (Phi) is 3.58. The second-order valence-corrected chi connectivity index (χ2v) is 4.27. The molecule has 0 aromatic carbocycles. The molecule has 0 aliphatic carbocycles. The SMILES string of the molecule is CCC1C(=O)NCCN1Cc1cc(N)ccn1. The van der Waals surface area contributed by atoms with Crippen LogP contribution in [0, 0.1) is 0 Å². The fourth-order valence-corrected chi connectivity index (χ4v) is 2.19. The second kappa shape index (κ2) is 5.14. The van der Waals surface area contributed by atoms with E-state index >= 15 is 0 Å². The Bertz CT molecular complexity index is 407. The molecule has 1 aliphatic heterocycles. The molecule has 5 heteroatoms. The number of nitrogens with zero attached hydrogens (tertiary/aromatic N) is 2. The number of hydrogen-bond acceptors (Lipinski definition) is 4. The molecule has 0 saturated carbocycles. The van der Waals surface area contributed by atoms with Crippen LogP contribution in [0.1, 0.15) is 19.0 Å². The third kappa shape index (κ3) is 2.74. The maximum absolute atomic E-state index is 11.7. The minimum atomic E-state index is -0.0491. The van der Waals surface area contributed by atoms with E-state index in [1.807, 2.05) is 13.0 Å². The monoisotopic (exact) mass is 234 g/mol. The van der Waals surface area contributed by atoms with Crippen LogP contribution in [0.5, 0.6) is 0 Å². The number of amides is 1. The number of carbonyl (C=O) groups excluding carboxylic acids is 1. The van der Waals surface area contributed by atoms with E-state index in [0.717, 1.165) is 18.7 Å². The van der Waals surface area contributed by atoms with Crippen molar-refractivity contribution in [2.45, 2.75) is 25.9 Å². The first-order valence-corrected chi connectivity index (χ1v) is 5.93. The molecule has 1 amide bonds. The molecule has 0 bridgehead atoms. The third-order valence-corrected chi connectivity index (χ3v) is 3.03. The molecule has 1 saturated heterocycles. The lowest BCUT2D eigenvalue weighted by atomic mass is 10.1. The standard InChI is InChI=1S/C12H18N4O/c1-2-11-12(17)15-5-6-16(11)8-10-7-9(13)3-4-14-10/h3-4,7,11H,2,5-6,8H2,1H3,(H2,13,14)(H,15,17). The average Bonchev–Trinajstić information content (AvgIpc) is 2.29. The van der Waals surface area contributed by atoms with E-state index in [1.54, 1.807) is 12.3 Å². The van der Waals surface area contributed by atoms with E-state index in [9.17, 15) is 4.79 Å². The van der Waals surface area contributed by atoms with Crippen molar-refractivity contribution in [3.8, 4) is 0 Å². The quantitative estimate of drug-likeness (QED) is 0.793. The molecule has 1 aromatic heterocycles. The van der Waals surface area contributed by atoms with Gasteiger partial charge in [0, 0.05) is 31.5 Å². The van der Waals surface area contributed by atoms with Crippen LogP contribution in [0.2, 0.25) is 0 Å². The molecule has 0 radical (unpaired) electrons. The van der Waals surface area contributed by atoms with Gasteiger partial charge in [-0.25, -0.2) is 0 Å². The van der Waals surface area contributed by atoms with Crippen molar-refractivity contribution < 1.29 is 4.79 Å². The van der Waals surface area contributed by atoms with Crippen LogP contribution in [-0.4, -0.2) is 34.9 Å². The van der Waals surface area contributed by atoms with Crippen molar-refractivity contribution in [1.29, 1.82) is 0 Å². The number of pyridine rings is 1. The van der Waals surface area contributed by atoms with Crippen LogP contribution in [0.15, 0.2) is 18.3 Å². The summed E-state index contributed by atoms with van der Waals surface area (Å²) in [6, 6.07) is 3.58. The van der Waals surface area contributed by atoms with Gasteiger partial charge in [-0.1, -0.05) is 6.92 Å². The molecular weight excluding hydrogens is 216 g/mol. The molecule has 1 unspecified atom stereocenters. The normalized spacial score (nSPS) is 21.2. The van der Waals surface area contributed by atoms with Crippen LogP contribution >= 0.6 is 0 Å². The number of nitrogens with one attached hydrogen (secondary N) is 1. The molecule has 3 N–H and O–H groups in total. The van der Waals surface area contributed by atoms with Gasteiger partial charge in [0.15, 0.2) is 0 Å². The summed E-state index contributed by atoms with van der Waals surface area (Å²) in [6.07, 6.45) is 2.52. The van der Waals surface area contributed by atoms with Gasteiger partial charge in [0.25, 0.3) is 0 Å². The fraction of sp³-hybridized carbons (Fsp3) is 0.500. The lowest BCUT2D eigenvalue weighted by molar-refractivity contribution is -0.129. The molecule has 92 valence electrons. The fourth-order valence-electron chi connectivity index (χ4n) is 2.19.